The van der Waals surface area contributed by atoms with Crippen LogP contribution in [0.5, 0.6) is 0 Å². The fourth-order valence-corrected chi connectivity index (χ4v) is 3.13. The van der Waals surface area contributed by atoms with Crippen molar-refractivity contribution >= 4 is 23.0 Å². The molecule has 1 heterocycles. The first-order valence-electron chi connectivity index (χ1n) is 8.58. The van der Waals surface area contributed by atoms with Crippen molar-refractivity contribution < 1.29 is 9.72 Å². The van der Waals surface area contributed by atoms with Crippen LogP contribution in [0.1, 0.15) is 0 Å². The maximum atomic E-state index is 12.5. The molecule has 2 aromatic rings. The van der Waals surface area contributed by atoms with Gasteiger partial charge < -0.3 is 9.80 Å². The predicted octanol–water partition coefficient (Wildman–Crippen LogP) is 2.38. The lowest BCUT2D eigenvalue weighted by molar-refractivity contribution is -0.384. The molecule has 1 aliphatic rings. The van der Waals surface area contributed by atoms with Crippen LogP contribution in [0.2, 0.25) is 0 Å². The monoisotopic (exact) mass is 354 g/mol. The van der Waals surface area contributed by atoms with Gasteiger partial charge in [0.2, 0.25) is 5.91 Å². The van der Waals surface area contributed by atoms with Gasteiger partial charge in [0, 0.05) is 45.0 Å². The highest BCUT2D eigenvalue weighted by molar-refractivity contribution is 5.94. The van der Waals surface area contributed by atoms with Gasteiger partial charge in [-0.1, -0.05) is 30.3 Å². The molecule has 0 N–H and O–H groups in total. The van der Waals surface area contributed by atoms with Gasteiger partial charge in [-0.2, -0.15) is 0 Å². The number of carbonyl (C=O) groups is 1. The van der Waals surface area contributed by atoms with Crippen LogP contribution in [0, 0.1) is 10.1 Å². The Morgan fingerprint density at radius 3 is 2.31 bits per heavy atom. The van der Waals surface area contributed by atoms with Crippen molar-refractivity contribution in [2.75, 3.05) is 49.6 Å². The number of nitrogens with zero attached hydrogens (tertiary/aromatic N) is 4. The van der Waals surface area contributed by atoms with Crippen LogP contribution in [0.3, 0.4) is 0 Å². The summed E-state index contributed by atoms with van der Waals surface area (Å²) in [6.45, 7) is 3.05. The van der Waals surface area contributed by atoms with Crippen LogP contribution in [0.25, 0.3) is 0 Å². The molecule has 136 valence electrons. The number of nitro benzene ring substituents is 1. The summed E-state index contributed by atoms with van der Waals surface area (Å²) in [4.78, 5) is 29.1. The van der Waals surface area contributed by atoms with E-state index in [0.29, 0.717) is 38.4 Å². The van der Waals surface area contributed by atoms with E-state index < -0.39 is 0 Å². The minimum Gasteiger partial charge on any atom is -0.363 e. The zero-order chi connectivity index (χ0) is 18.5. The molecule has 0 bridgehead atoms. The van der Waals surface area contributed by atoms with Crippen LogP contribution < -0.4 is 9.80 Å². The second-order valence-electron chi connectivity index (χ2n) is 6.30. The molecule has 0 unspecified atom stereocenters. The van der Waals surface area contributed by atoms with E-state index in [2.05, 4.69) is 4.90 Å². The van der Waals surface area contributed by atoms with Crippen LogP contribution >= 0.6 is 0 Å². The Morgan fingerprint density at radius 1 is 1.04 bits per heavy atom. The van der Waals surface area contributed by atoms with E-state index in [1.807, 2.05) is 41.3 Å². The van der Waals surface area contributed by atoms with Crippen molar-refractivity contribution in [2.24, 2.45) is 0 Å². The highest BCUT2D eigenvalue weighted by Gasteiger charge is 2.24. The molecule has 0 spiro atoms. The van der Waals surface area contributed by atoms with Crippen LogP contribution in [0.4, 0.5) is 17.1 Å². The minimum absolute atomic E-state index is 0.0374. The molecule has 0 aromatic heterocycles. The molecule has 2 aromatic carbocycles. The topological polar surface area (TPSA) is 69.9 Å². The number of rotatable bonds is 5. The number of piperazine rings is 1. The molecule has 7 heteroatoms. The maximum absolute atomic E-state index is 12.5. The molecule has 26 heavy (non-hydrogen) atoms. The Bertz CT molecular complexity index is 773. The first kappa shape index (κ1) is 17.9. The number of carbonyl (C=O) groups excluding carboxylic acids is 1. The summed E-state index contributed by atoms with van der Waals surface area (Å²) in [5, 5.41) is 11.2. The Hall–Kier alpha value is -2.93. The van der Waals surface area contributed by atoms with Gasteiger partial charge in [0.15, 0.2) is 0 Å². The Kier molecular flexibility index (Phi) is 5.48. The number of hydrogen-bond donors (Lipinski definition) is 0. The van der Waals surface area contributed by atoms with Crippen LogP contribution in [-0.2, 0) is 4.79 Å². The van der Waals surface area contributed by atoms with Crippen molar-refractivity contribution in [1.29, 1.82) is 0 Å². The van der Waals surface area contributed by atoms with E-state index in [1.54, 1.807) is 24.1 Å². The van der Waals surface area contributed by atoms with Gasteiger partial charge in [-0.05, 0) is 18.2 Å². The summed E-state index contributed by atoms with van der Waals surface area (Å²) in [5.41, 5.74) is 1.64. The molecule has 3 rings (SSSR count). The summed E-state index contributed by atoms with van der Waals surface area (Å²) in [6.07, 6.45) is 0. The molecule has 0 aliphatic carbocycles. The smallest absolute Gasteiger partial charge is 0.292 e. The fourth-order valence-electron chi connectivity index (χ4n) is 3.13. The number of benzene rings is 2. The zero-order valence-corrected chi connectivity index (χ0v) is 14.7. The van der Waals surface area contributed by atoms with Gasteiger partial charge in [0.05, 0.1) is 11.5 Å². The predicted molar refractivity (Wildman–Crippen MR) is 102 cm³/mol. The zero-order valence-electron chi connectivity index (χ0n) is 14.7. The molecule has 1 saturated heterocycles. The van der Waals surface area contributed by atoms with E-state index in [-0.39, 0.29) is 16.5 Å². The molecule has 7 nitrogen and oxygen atoms in total. The van der Waals surface area contributed by atoms with Crippen molar-refractivity contribution in [2.45, 2.75) is 0 Å². The summed E-state index contributed by atoms with van der Waals surface area (Å²) >= 11 is 0. The summed E-state index contributed by atoms with van der Waals surface area (Å²) in [5.74, 6) is 0.0374. The third kappa shape index (κ3) is 4.00. The van der Waals surface area contributed by atoms with Gasteiger partial charge in [0.25, 0.3) is 5.69 Å². The highest BCUT2D eigenvalue weighted by Crippen LogP contribution is 2.28. The Morgan fingerprint density at radius 2 is 1.65 bits per heavy atom. The minimum atomic E-state index is -0.347. The van der Waals surface area contributed by atoms with Gasteiger partial charge in [0.1, 0.15) is 5.69 Å². The first-order chi connectivity index (χ1) is 12.6. The second-order valence-corrected chi connectivity index (χ2v) is 6.30. The normalized spacial score (nSPS) is 14.9. The molecule has 1 aliphatic heterocycles. The van der Waals surface area contributed by atoms with E-state index in [0.717, 1.165) is 5.69 Å². The second kappa shape index (κ2) is 7.97. The van der Waals surface area contributed by atoms with Crippen molar-refractivity contribution in [3.63, 3.8) is 0 Å². The average Bonchev–Trinajstić information content (AvgIpc) is 2.68. The molecule has 0 radical (unpaired) electrons. The van der Waals surface area contributed by atoms with Gasteiger partial charge in [-0.15, -0.1) is 0 Å². The quantitative estimate of drug-likeness (QED) is 0.609. The average molecular weight is 354 g/mol. The van der Waals surface area contributed by atoms with Crippen molar-refractivity contribution in [3.05, 3.63) is 64.7 Å². The maximum Gasteiger partial charge on any atom is 0.292 e. The van der Waals surface area contributed by atoms with Crippen molar-refractivity contribution in [1.82, 2.24) is 4.90 Å². The van der Waals surface area contributed by atoms with Crippen LogP contribution in [-0.4, -0.2) is 55.5 Å². The van der Waals surface area contributed by atoms with Crippen molar-refractivity contribution in [3.8, 4) is 0 Å². The third-order valence-corrected chi connectivity index (χ3v) is 4.67. The molecule has 0 atom stereocenters. The van der Waals surface area contributed by atoms with E-state index >= 15 is 0 Å². The Balaban J connectivity index is 1.58. The first-order valence-corrected chi connectivity index (χ1v) is 8.58. The SMILES string of the molecule is CN(C(=O)CN1CCN(c2ccccc2[N+](=O)[O-])CC1)c1ccccc1. The number of likely N-dealkylation sites (N-methyl/N-ethyl adjacent to an activating group) is 1. The summed E-state index contributed by atoms with van der Waals surface area (Å²) < 4.78 is 0. The number of hydrogen-bond acceptors (Lipinski definition) is 5. The van der Waals surface area contributed by atoms with E-state index in [4.69, 9.17) is 0 Å². The lowest BCUT2D eigenvalue weighted by Crippen LogP contribution is -2.49. The lowest BCUT2D eigenvalue weighted by atomic mass is 10.2. The number of para-hydroxylation sites is 3. The molecule has 1 fully saturated rings. The molecule has 1 amide bonds. The number of anilines is 2. The summed E-state index contributed by atoms with van der Waals surface area (Å²) in [6, 6.07) is 16.3. The standard InChI is InChI=1S/C19H22N4O3/c1-20(16-7-3-2-4-8-16)19(24)15-21-11-13-22(14-12-21)17-9-5-6-10-18(17)23(25)26/h2-10H,11-15H2,1H3. The molecular formula is C19H22N4O3. The van der Waals surface area contributed by atoms with Gasteiger partial charge >= 0.3 is 0 Å². The number of nitro groups is 1. The van der Waals surface area contributed by atoms with Crippen LogP contribution in [0.15, 0.2) is 54.6 Å². The summed E-state index contributed by atoms with van der Waals surface area (Å²) in [7, 11) is 1.78. The Labute approximate surface area is 152 Å². The largest absolute Gasteiger partial charge is 0.363 e. The third-order valence-electron chi connectivity index (χ3n) is 4.67. The molecule has 0 saturated carbocycles. The number of amides is 1. The van der Waals surface area contributed by atoms with E-state index in [9.17, 15) is 14.9 Å². The van der Waals surface area contributed by atoms with Gasteiger partial charge in [-0.3, -0.25) is 19.8 Å². The molecular weight excluding hydrogens is 332 g/mol. The van der Waals surface area contributed by atoms with Gasteiger partial charge in [-0.25, -0.2) is 0 Å². The van der Waals surface area contributed by atoms with E-state index in [1.165, 1.54) is 6.07 Å². The lowest BCUT2D eigenvalue weighted by Gasteiger charge is -2.36. The highest BCUT2D eigenvalue weighted by atomic mass is 16.6. The fraction of sp³-hybridized carbons (Fsp3) is 0.316.